The van der Waals surface area contributed by atoms with E-state index < -0.39 is 109 Å². The summed E-state index contributed by atoms with van der Waals surface area (Å²) in [7, 11) is 0. The first-order valence-corrected chi connectivity index (χ1v) is 19.4. The Labute approximate surface area is 326 Å². The van der Waals surface area contributed by atoms with Crippen LogP contribution in [0.15, 0.2) is 24.3 Å². The van der Waals surface area contributed by atoms with Gasteiger partial charge in [-0.2, -0.15) is 0 Å². The number of carbonyl (C=O) groups excluding carboxylic acids is 8. The van der Waals surface area contributed by atoms with Crippen LogP contribution in [0.4, 0.5) is 0 Å². The summed E-state index contributed by atoms with van der Waals surface area (Å²) >= 11 is 0. The molecule has 0 saturated carbocycles. The van der Waals surface area contributed by atoms with Gasteiger partial charge in [-0.15, -0.1) is 0 Å². The molecule has 0 unspecified atom stereocenters. The zero-order chi connectivity index (χ0) is 41.1. The second-order valence-corrected chi connectivity index (χ2v) is 14.9. The molecule has 0 spiro atoms. The molecule has 3 aliphatic heterocycles. The van der Waals surface area contributed by atoms with Crippen LogP contribution < -0.4 is 31.9 Å². The highest BCUT2D eigenvalue weighted by Crippen LogP contribution is 2.27. The van der Waals surface area contributed by atoms with Gasteiger partial charge < -0.3 is 51.9 Å². The molecule has 0 radical (unpaired) electrons. The summed E-state index contributed by atoms with van der Waals surface area (Å²) in [5, 5.41) is 35.0. The molecule has 18 nitrogen and oxygen atoms in total. The molecule has 3 heterocycles. The number of benzene rings is 1. The number of phenols is 1. The van der Waals surface area contributed by atoms with Gasteiger partial charge in [0.2, 0.25) is 47.3 Å². The van der Waals surface area contributed by atoms with E-state index in [1.54, 1.807) is 26.0 Å². The number of phenolic OH excluding ortho intramolecular Hbond substituents is 1. The highest BCUT2D eigenvalue weighted by Gasteiger charge is 2.45. The average molecular weight is 785 g/mol. The van der Waals surface area contributed by atoms with Gasteiger partial charge in [-0.3, -0.25) is 38.4 Å². The van der Waals surface area contributed by atoms with Gasteiger partial charge in [0.1, 0.15) is 42.0 Å². The Morgan fingerprint density at radius 2 is 1.21 bits per heavy atom. The van der Waals surface area contributed by atoms with E-state index in [0.29, 0.717) is 44.1 Å². The lowest BCUT2D eigenvalue weighted by atomic mass is 9.96. The summed E-state index contributed by atoms with van der Waals surface area (Å²) < 4.78 is 0. The van der Waals surface area contributed by atoms with E-state index >= 15 is 0 Å². The zero-order valence-electron chi connectivity index (χ0n) is 32.5. The molecular formula is C38H56N8O10. The molecule has 3 aliphatic rings. The zero-order valence-corrected chi connectivity index (χ0v) is 32.5. The quantitative estimate of drug-likeness (QED) is 0.154. The summed E-state index contributed by atoms with van der Waals surface area (Å²) in [4.78, 5) is 111. The van der Waals surface area contributed by atoms with E-state index in [4.69, 9.17) is 0 Å². The molecule has 8 atom stereocenters. The molecule has 56 heavy (non-hydrogen) atoms. The Kier molecular flexibility index (Phi) is 15.6. The van der Waals surface area contributed by atoms with Crippen LogP contribution in [0.25, 0.3) is 0 Å². The summed E-state index contributed by atoms with van der Waals surface area (Å²) in [6.07, 6.45) is 2.57. The largest absolute Gasteiger partial charge is 0.508 e. The van der Waals surface area contributed by atoms with Crippen molar-refractivity contribution >= 4 is 47.3 Å². The van der Waals surface area contributed by atoms with Crippen LogP contribution in [0.1, 0.15) is 71.8 Å². The number of nitrogens with zero attached hydrogens (tertiary/aromatic N) is 2. The molecule has 308 valence electrons. The summed E-state index contributed by atoms with van der Waals surface area (Å²) in [6.45, 7) is 5.64. The maximum atomic E-state index is 14.4. The van der Waals surface area contributed by atoms with Gasteiger partial charge in [-0.25, -0.2) is 0 Å². The molecule has 1 aromatic rings. The van der Waals surface area contributed by atoms with Crippen molar-refractivity contribution in [3.05, 3.63) is 29.8 Å². The molecule has 3 fully saturated rings. The van der Waals surface area contributed by atoms with Gasteiger partial charge in [-0.1, -0.05) is 52.7 Å². The molecule has 8 N–H and O–H groups in total. The molecule has 4 rings (SSSR count). The van der Waals surface area contributed by atoms with E-state index in [9.17, 15) is 48.6 Å². The Balaban J connectivity index is 1.68. The predicted octanol–water partition coefficient (Wildman–Crippen LogP) is -1.81. The van der Waals surface area contributed by atoms with Crippen molar-refractivity contribution in [2.45, 2.75) is 109 Å². The minimum Gasteiger partial charge on any atom is -0.508 e. The normalized spacial score (nSPS) is 27.7. The van der Waals surface area contributed by atoms with Crippen LogP contribution >= 0.6 is 0 Å². The highest BCUT2D eigenvalue weighted by atomic mass is 16.3. The Hall–Kier alpha value is -5.26. The fraction of sp³-hybridized carbons (Fsp3) is 0.632. The fourth-order valence-corrected chi connectivity index (χ4v) is 7.16. The van der Waals surface area contributed by atoms with Crippen molar-refractivity contribution in [3.63, 3.8) is 0 Å². The second-order valence-electron chi connectivity index (χ2n) is 14.9. The molecular weight excluding hydrogens is 728 g/mol. The summed E-state index contributed by atoms with van der Waals surface area (Å²) in [6, 6.07) is -0.791. The molecule has 0 aromatic heterocycles. The van der Waals surface area contributed by atoms with Crippen molar-refractivity contribution in [2.75, 3.05) is 32.8 Å². The van der Waals surface area contributed by atoms with Gasteiger partial charge >= 0.3 is 0 Å². The van der Waals surface area contributed by atoms with Gasteiger partial charge in [0.05, 0.1) is 19.7 Å². The molecule has 18 heteroatoms. The SMILES string of the molecule is CC[C@H](C)[C@@H]1NC(=O)[C@@H]2CCCN2C(=O)[C@@H]2CCCN2C(=O)[C@H]([C@@H](C)CC)NC(=O)[C@H](Cc2ccc(O)cc2)NC(=O)CNC(=O)CNC(=O)[C@H](CO)NC1=O. The van der Waals surface area contributed by atoms with Crippen molar-refractivity contribution in [1.29, 1.82) is 0 Å². The van der Waals surface area contributed by atoms with E-state index in [1.165, 1.54) is 21.9 Å². The number of carbonyl (C=O) groups is 8. The average Bonchev–Trinajstić information content (AvgIpc) is 3.89. The van der Waals surface area contributed by atoms with Crippen molar-refractivity contribution in [3.8, 4) is 5.75 Å². The van der Waals surface area contributed by atoms with Crippen LogP contribution in [-0.4, -0.2) is 136 Å². The van der Waals surface area contributed by atoms with Crippen LogP contribution in [0.2, 0.25) is 0 Å². The van der Waals surface area contributed by atoms with Gasteiger partial charge in [0, 0.05) is 19.5 Å². The van der Waals surface area contributed by atoms with Gasteiger partial charge in [-0.05, 0) is 55.2 Å². The number of amides is 8. The maximum Gasteiger partial charge on any atom is 0.246 e. The van der Waals surface area contributed by atoms with E-state index in [0.717, 1.165) is 0 Å². The van der Waals surface area contributed by atoms with E-state index in [-0.39, 0.29) is 31.2 Å². The van der Waals surface area contributed by atoms with Gasteiger partial charge in [0.25, 0.3) is 0 Å². The minimum atomic E-state index is -1.48. The number of aromatic hydroxyl groups is 1. The number of fused-ring (bicyclic) bond motifs is 2. The minimum absolute atomic E-state index is 0.00763. The van der Waals surface area contributed by atoms with Crippen LogP contribution in [0, 0.1) is 11.8 Å². The lowest BCUT2D eigenvalue weighted by Crippen LogP contribution is -2.61. The highest BCUT2D eigenvalue weighted by molar-refractivity contribution is 5.98. The smallest absolute Gasteiger partial charge is 0.246 e. The number of hydrogen-bond acceptors (Lipinski definition) is 10. The number of aliphatic hydroxyl groups is 1. The summed E-state index contributed by atoms with van der Waals surface area (Å²) in [5.41, 5.74) is 0.574. The lowest BCUT2D eigenvalue weighted by Gasteiger charge is -2.35. The Morgan fingerprint density at radius 3 is 1.84 bits per heavy atom. The summed E-state index contributed by atoms with van der Waals surface area (Å²) in [5.74, 6) is -6.16. The van der Waals surface area contributed by atoms with Crippen LogP contribution in [0.5, 0.6) is 5.75 Å². The maximum absolute atomic E-state index is 14.4. The monoisotopic (exact) mass is 784 g/mol. The second kappa shape index (κ2) is 20.1. The predicted molar refractivity (Wildman–Crippen MR) is 201 cm³/mol. The first-order chi connectivity index (χ1) is 26.7. The number of nitrogens with one attached hydrogen (secondary N) is 6. The molecule has 0 bridgehead atoms. The van der Waals surface area contributed by atoms with Crippen LogP contribution in [-0.2, 0) is 44.8 Å². The van der Waals surface area contributed by atoms with Crippen molar-refractivity contribution in [1.82, 2.24) is 41.7 Å². The topological polar surface area (TPSA) is 256 Å². The number of hydrogen-bond donors (Lipinski definition) is 8. The first-order valence-electron chi connectivity index (χ1n) is 19.4. The number of rotatable bonds is 7. The molecule has 8 amide bonds. The number of aliphatic hydroxyl groups excluding tert-OH is 1. The third-order valence-corrected chi connectivity index (χ3v) is 10.9. The van der Waals surface area contributed by atoms with Crippen molar-refractivity contribution in [2.24, 2.45) is 11.8 Å². The lowest BCUT2D eigenvalue weighted by molar-refractivity contribution is -0.149. The first kappa shape index (κ1) is 43.5. The molecule has 1 aromatic carbocycles. The molecule has 0 aliphatic carbocycles. The third kappa shape index (κ3) is 10.9. The van der Waals surface area contributed by atoms with E-state index in [2.05, 4.69) is 31.9 Å². The van der Waals surface area contributed by atoms with Gasteiger partial charge in [0.15, 0.2) is 0 Å². The van der Waals surface area contributed by atoms with Crippen molar-refractivity contribution < 1.29 is 48.6 Å². The Bertz CT molecular complexity index is 1620. The standard InChI is InChI=1S/C38H56N8O10/c1-5-21(3)31-36(54)42-26(20-47)33(51)40-18-29(49)39-19-30(50)41-25(17-23-11-13-24(48)14-12-23)34(52)44-32(22(4)6-2)38(56)46-16-8-10-28(46)37(55)45-15-7-9-27(45)35(53)43-31/h11-14,21-22,25-28,31-32,47-48H,5-10,15-20H2,1-4H3,(H,39,49)(H,40,51)(H,41,50)(H,42,54)(H,43,53)(H,44,52)/t21-,22-,25-,26-,27-,28-,31-,32-/m0/s1. The fourth-order valence-electron chi connectivity index (χ4n) is 7.16. The third-order valence-electron chi connectivity index (χ3n) is 10.9. The molecule has 3 saturated heterocycles. The van der Waals surface area contributed by atoms with E-state index in [1.807, 2.05) is 13.8 Å². The Morgan fingerprint density at radius 1 is 0.643 bits per heavy atom. The van der Waals surface area contributed by atoms with Crippen LogP contribution in [0.3, 0.4) is 0 Å².